The second-order valence-corrected chi connectivity index (χ2v) is 9.17. The number of carbonyl (C=O) groups is 1. The number of carbonyl (C=O) groups excluding carboxylic acids is 1. The molecule has 1 saturated heterocycles. The highest BCUT2D eigenvalue weighted by molar-refractivity contribution is 5.89. The monoisotopic (exact) mass is 425 g/mol. The third kappa shape index (κ3) is 2.95. The molecule has 0 saturated carbocycles. The summed E-state index contributed by atoms with van der Waals surface area (Å²) in [7, 11) is 0. The number of nitrogens with one attached hydrogen (secondary N) is 1. The summed E-state index contributed by atoms with van der Waals surface area (Å²) in [6, 6.07) is 15.1. The maximum atomic E-state index is 12.8. The van der Waals surface area contributed by atoms with Crippen molar-refractivity contribution in [1.29, 1.82) is 0 Å². The number of aryl methyl sites for hydroxylation is 2. The molecule has 2 atom stereocenters. The third-order valence-corrected chi connectivity index (χ3v) is 7.12. The van der Waals surface area contributed by atoms with Gasteiger partial charge in [-0.3, -0.25) is 0 Å². The van der Waals surface area contributed by atoms with E-state index in [0.29, 0.717) is 18.8 Å². The molecule has 162 valence electrons. The van der Waals surface area contributed by atoms with Crippen LogP contribution in [0.15, 0.2) is 67.2 Å². The molecule has 2 aromatic heterocycles. The first-order valence-corrected chi connectivity index (χ1v) is 11.4. The van der Waals surface area contributed by atoms with E-state index in [1.54, 1.807) is 6.92 Å². The number of aromatic amines is 1. The molecule has 0 radical (unpaired) electrons. The number of hydrogen-bond acceptors (Lipinski definition) is 2. The lowest BCUT2D eigenvalue weighted by Crippen LogP contribution is -2.29. The summed E-state index contributed by atoms with van der Waals surface area (Å²) in [6.45, 7) is 7.79. The van der Waals surface area contributed by atoms with Gasteiger partial charge in [0.1, 0.15) is 0 Å². The number of fused-ring (bicyclic) bond motifs is 1. The molecule has 2 aliphatic rings. The average Bonchev–Trinajstić information content (AvgIpc) is 3.49. The van der Waals surface area contributed by atoms with Crippen LogP contribution >= 0.6 is 0 Å². The zero-order valence-corrected chi connectivity index (χ0v) is 18.3. The Kier molecular flexibility index (Phi) is 4.39. The zero-order valence-electron chi connectivity index (χ0n) is 18.3. The van der Waals surface area contributed by atoms with Gasteiger partial charge in [0.15, 0.2) is 0 Å². The van der Waals surface area contributed by atoms with Crippen LogP contribution in [0, 0.1) is 0 Å². The van der Waals surface area contributed by atoms with Crippen molar-refractivity contribution in [1.82, 2.24) is 14.5 Å². The minimum atomic E-state index is -0.307. The average molecular weight is 426 g/mol. The van der Waals surface area contributed by atoms with Crippen LogP contribution in [-0.2, 0) is 17.7 Å². The first-order chi connectivity index (χ1) is 15.6. The van der Waals surface area contributed by atoms with Gasteiger partial charge in [-0.1, -0.05) is 43.0 Å². The molecule has 0 spiro atoms. The Bertz CT molecular complexity index is 1360. The third-order valence-electron chi connectivity index (χ3n) is 7.12. The summed E-state index contributed by atoms with van der Waals surface area (Å²) in [5.41, 5.74) is 6.54. The van der Waals surface area contributed by atoms with Crippen LogP contribution in [-0.4, -0.2) is 33.6 Å². The number of likely N-dealkylation sites (tertiary alicyclic amines) is 1. The largest absolute Gasteiger partial charge is 0.416 e. The van der Waals surface area contributed by atoms with Crippen molar-refractivity contribution in [3.8, 4) is 0 Å². The molecule has 2 aromatic carbocycles. The van der Waals surface area contributed by atoms with Gasteiger partial charge < -0.3 is 19.2 Å². The normalized spacial score (nSPS) is 20.2. The van der Waals surface area contributed by atoms with Crippen LogP contribution < -0.4 is 0 Å². The van der Waals surface area contributed by atoms with Crippen molar-refractivity contribution < 1.29 is 9.53 Å². The molecule has 32 heavy (non-hydrogen) atoms. The predicted molar refractivity (Wildman–Crippen MR) is 127 cm³/mol. The van der Waals surface area contributed by atoms with E-state index in [-0.39, 0.29) is 17.9 Å². The number of nitrogens with zero attached hydrogens (tertiary/aromatic N) is 2. The summed E-state index contributed by atoms with van der Waals surface area (Å²) < 4.78 is 7.82. The molecule has 4 heterocycles. The van der Waals surface area contributed by atoms with E-state index < -0.39 is 0 Å². The number of benzene rings is 2. The van der Waals surface area contributed by atoms with E-state index in [1.807, 2.05) is 4.90 Å². The maximum absolute atomic E-state index is 12.8. The van der Waals surface area contributed by atoms with Gasteiger partial charge in [0, 0.05) is 60.2 Å². The summed E-state index contributed by atoms with van der Waals surface area (Å²) >= 11 is 0. The lowest BCUT2D eigenvalue weighted by atomic mass is 9.83. The van der Waals surface area contributed by atoms with Gasteiger partial charge in [-0.2, -0.15) is 0 Å². The maximum Gasteiger partial charge on any atom is 0.414 e. The molecular weight excluding hydrogens is 398 g/mol. The van der Waals surface area contributed by atoms with Gasteiger partial charge in [0.2, 0.25) is 0 Å². The summed E-state index contributed by atoms with van der Waals surface area (Å²) in [4.78, 5) is 18.1. The van der Waals surface area contributed by atoms with Crippen molar-refractivity contribution in [3.05, 3.63) is 83.9 Å². The van der Waals surface area contributed by atoms with Crippen LogP contribution in [0.3, 0.4) is 0 Å². The second-order valence-electron chi connectivity index (χ2n) is 9.17. The van der Waals surface area contributed by atoms with Crippen molar-refractivity contribution in [2.45, 2.75) is 38.1 Å². The molecule has 4 aromatic rings. The molecule has 0 unspecified atom stereocenters. The number of rotatable bonds is 3. The Morgan fingerprint density at radius 2 is 1.84 bits per heavy atom. The molecular formula is C27H27N3O2. The Morgan fingerprint density at radius 1 is 1.06 bits per heavy atom. The van der Waals surface area contributed by atoms with Crippen LogP contribution in [0.2, 0.25) is 0 Å². The van der Waals surface area contributed by atoms with Crippen LogP contribution in [0.1, 0.15) is 41.9 Å². The fourth-order valence-electron chi connectivity index (χ4n) is 5.78. The molecule has 2 aliphatic heterocycles. The van der Waals surface area contributed by atoms with Crippen molar-refractivity contribution in [2.75, 3.05) is 13.1 Å². The van der Waals surface area contributed by atoms with Gasteiger partial charge in [-0.15, -0.1) is 0 Å². The van der Waals surface area contributed by atoms with Gasteiger partial charge in [0.05, 0.1) is 11.3 Å². The molecule has 1 N–H and O–H groups in total. The topological polar surface area (TPSA) is 50.3 Å². The van der Waals surface area contributed by atoms with Crippen LogP contribution in [0.4, 0.5) is 4.79 Å². The highest BCUT2D eigenvalue weighted by Gasteiger charge is 2.40. The lowest BCUT2D eigenvalue weighted by molar-refractivity contribution is 0.137. The van der Waals surface area contributed by atoms with Crippen LogP contribution in [0.5, 0.6) is 0 Å². The second kappa shape index (κ2) is 7.30. The minimum absolute atomic E-state index is 0.187. The number of allylic oxidation sites excluding steroid dienone is 1. The van der Waals surface area contributed by atoms with Gasteiger partial charge in [-0.05, 0) is 42.5 Å². The van der Waals surface area contributed by atoms with Crippen molar-refractivity contribution in [3.63, 3.8) is 0 Å². The number of H-pyrrole nitrogens is 1. The molecule has 0 bridgehead atoms. The van der Waals surface area contributed by atoms with Gasteiger partial charge in [-0.25, -0.2) is 4.79 Å². The van der Waals surface area contributed by atoms with Crippen LogP contribution in [0.25, 0.3) is 21.8 Å². The number of ether oxygens (including phenoxy) is 1. The number of hydrogen-bond donors (Lipinski definition) is 1. The van der Waals surface area contributed by atoms with E-state index in [0.717, 1.165) is 18.5 Å². The smallest absolute Gasteiger partial charge is 0.414 e. The minimum Gasteiger partial charge on any atom is -0.416 e. The molecule has 1 amide bonds. The molecule has 0 aliphatic carbocycles. The predicted octanol–water partition coefficient (Wildman–Crippen LogP) is 5.92. The fraction of sp³-hybridized carbons (Fsp3) is 0.296. The Hall–Kier alpha value is -3.47. The molecule has 1 fully saturated rings. The summed E-state index contributed by atoms with van der Waals surface area (Å²) in [6.07, 6.45) is 6.47. The molecule has 6 rings (SSSR count). The van der Waals surface area contributed by atoms with E-state index in [2.05, 4.69) is 71.0 Å². The highest BCUT2D eigenvalue weighted by atomic mass is 16.6. The van der Waals surface area contributed by atoms with E-state index in [9.17, 15) is 4.79 Å². The number of para-hydroxylation sites is 2. The van der Waals surface area contributed by atoms with E-state index in [1.165, 1.54) is 39.4 Å². The summed E-state index contributed by atoms with van der Waals surface area (Å²) in [5.74, 6) is 0.811. The molecule has 5 nitrogen and oxygen atoms in total. The molecule has 5 heteroatoms. The first-order valence-electron chi connectivity index (χ1n) is 11.4. The first kappa shape index (κ1) is 19.2. The van der Waals surface area contributed by atoms with Crippen molar-refractivity contribution >= 4 is 27.9 Å². The van der Waals surface area contributed by atoms with Gasteiger partial charge in [0.25, 0.3) is 0 Å². The Balaban J connectivity index is 1.48. The zero-order chi connectivity index (χ0) is 21.8. The van der Waals surface area contributed by atoms with Gasteiger partial charge >= 0.3 is 6.09 Å². The Morgan fingerprint density at radius 3 is 2.69 bits per heavy atom. The highest BCUT2D eigenvalue weighted by Crippen LogP contribution is 2.45. The quantitative estimate of drug-likeness (QED) is 0.414. The van der Waals surface area contributed by atoms with Crippen molar-refractivity contribution in [2.24, 2.45) is 0 Å². The SMILES string of the molecule is C=C(C)OC(=O)N1C[C@@H](c2c[nH]c3ccccc23)[C@H](c2cn3c4c(cccc24)CCC3)C1. The standard InChI is InChI=1S/C27H27N3O2/c1-17(2)32-27(31)30-15-23(21-13-28-25-11-4-3-9-19(21)25)24(16-30)22-14-29-12-6-8-18-7-5-10-20(22)26(18)29/h3-5,7,9-11,13-14,23-24,28H,1,6,8,12,15-16H2,2H3/t23-,24-/m0/s1. The number of aromatic nitrogens is 2. The summed E-state index contributed by atoms with van der Waals surface area (Å²) in [5, 5.41) is 2.55. The fourth-order valence-corrected chi connectivity index (χ4v) is 5.78. The Labute approximate surface area is 187 Å². The van der Waals surface area contributed by atoms with E-state index in [4.69, 9.17) is 4.74 Å². The lowest BCUT2D eigenvalue weighted by Gasteiger charge is -2.17. The number of amides is 1. The van der Waals surface area contributed by atoms with E-state index >= 15 is 0 Å².